The lowest BCUT2D eigenvalue weighted by molar-refractivity contribution is -0.146. The molecule has 1 aliphatic heterocycles. The molecular weight excluding hydrogens is 476 g/mol. The highest BCUT2D eigenvalue weighted by Gasteiger charge is 2.41. The number of hydrogen-bond donors (Lipinski definition) is 2. The van der Waals surface area contributed by atoms with Crippen molar-refractivity contribution in [3.63, 3.8) is 0 Å². The van der Waals surface area contributed by atoms with E-state index in [1.54, 1.807) is 24.3 Å². The van der Waals surface area contributed by atoms with Crippen molar-refractivity contribution < 1.29 is 29.0 Å². The lowest BCUT2D eigenvalue weighted by Crippen LogP contribution is -2.46. The average molecular weight is 509 g/mol. The van der Waals surface area contributed by atoms with E-state index in [1.165, 1.54) is 25.7 Å². The predicted octanol–water partition coefficient (Wildman–Crippen LogP) is 4.35. The third-order valence-electron chi connectivity index (χ3n) is 5.14. The van der Waals surface area contributed by atoms with E-state index >= 15 is 0 Å². The number of carbonyl (C=O) groups is 3. The summed E-state index contributed by atoms with van der Waals surface area (Å²) in [5.74, 6) is -1.56. The second-order valence-electron chi connectivity index (χ2n) is 7.83. The van der Waals surface area contributed by atoms with Gasteiger partial charge in [0.1, 0.15) is 10.4 Å². The van der Waals surface area contributed by atoms with Crippen LogP contribution in [0.2, 0.25) is 0 Å². The number of hydrogen-bond acceptors (Lipinski definition) is 7. The molecule has 10 heteroatoms. The monoisotopic (exact) mass is 508 g/mol. The summed E-state index contributed by atoms with van der Waals surface area (Å²) in [5, 5.41) is 9.44. The Kier molecular flexibility index (Phi) is 11.4. The summed E-state index contributed by atoms with van der Waals surface area (Å²) < 4.78 is 11.7. The lowest BCUT2D eigenvalue weighted by Gasteiger charge is -2.21. The van der Waals surface area contributed by atoms with Gasteiger partial charge in [0, 0.05) is 0 Å². The van der Waals surface area contributed by atoms with Gasteiger partial charge in [-0.2, -0.15) is 0 Å². The van der Waals surface area contributed by atoms with Crippen LogP contribution in [0.5, 0.6) is 11.5 Å². The minimum atomic E-state index is -1.44. The zero-order valence-electron chi connectivity index (χ0n) is 19.6. The number of aliphatic carboxylic acids is 1. The first-order valence-electron chi connectivity index (χ1n) is 11.5. The second kappa shape index (κ2) is 14.0. The number of ether oxygens (including phenoxy) is 2. The molecule has 0 aromatic heterocycles. The van der Waals surface area contributed by atoms with Crippen molar-refractivity contribution in [1.82, 2.24) is 4.90 Å². The largest absolute Gasteiger partial charge is 0.490 e. The Hall–Kier alpha value is -2.59. The number of rotatable bonds is 15. The van der Waals surface area contributed by atoms with E-state index in [1.807, 2.05) is 6.92 Å². The smallest absolute Gasteiger partial charge is 0.327 e. The van der Waals surface area contributed by atoms with Gasteiger partial charge in [-0.15, -0.1) is 0 Å². The number of thiocarbonyl (C=S) groups is 1. The average Bonchev–Trinajstić information content (AvgIpc) is 3.05. The fourth-order valence-corrected chi connectivity index (χ4v) is 4.80. The maximum atomic E-state index is 12.9. The number of primary amides is 1. The van der Waals surface area contributed by atoms with Gasteiger partial charge in [-0.25, -0.2) is 4.79 Å². The maximum absolute atomic E-state index is 12.9. The normalized spacial score (nSPS) is 15.6. The minimum Gasteiger partial charge on any atom is -0.490 e. The van der Waals surface area contributed by atoms with E-state index < -0.39 is 30.2 Å². The molecule has 8 nitrogen and oxygen atoms in total. The van der Waals surface area contributed by atoms with Crippen LogP contribution in [0.25, 0.3) is 6.08 Å². The quantitative estimate of drug-likeness (QED) is 0.204. The third kappa shape index (κ3) is 8.02. The van der Waals surface area contributed by atoms with E-state index in [2.05, 4.69) is 6.92 Å². The van der Waals surface area contributed by atoms with Crippen molar-refractivity contribution in [3.05, 3.63) is 28.7 Å². The van der Waals surface area contributed by atoms with E-state index in [4.69, 9.17) is 27.4 Å². The zero-order chi connectivity index (χ0) is 25.1. The molecule has 1 aliphatic rings. The van der Waals surface area contributed by atoms with Crippen molar-refractivity contribution in [1.29, 1.82) is 0 Å². The minimum absolute atomic E-state index is 0.0637. The molecule has 0 bridgehead atoms. The Morgan fingerprint density at radius 1 is 1.15 bits per heavy atom. The van der Waals surface area contributed by atoms with Gasteiger partial charge in [0.05, 0.1) is 24.5 Å². The van der Waals surface area contributed by atoms with Crippen LogP contribution in [0.4, 0.5) is 0 Å². The molecule has 0 spiro atoms. The number of carboxylic acids is 1. The van der Waals surface area contributed by atoms with Crippen LogP contribution in [0.3, 0.4) is 0 Å². The molecule has 2 amide bonds. The highest BCUT2D eigenvalue weighted by molar-refractivity contribution is 8.26. The van der Waals surface area contributed by atoms with Crippen molar-refractivity contribution in [2.24, 2.45) is 5.73 Å². The van der Waals surface area contributed by atoms with Crippen LogP contribution in [0.15, 0.2) is 23.1 Å². The number of nitrogens with zero attached hydrogens (tertiary/aromatic N) is 1. The molecule has 1 aromatic carbocycles. The number of unbranched alkanes of at least 4 members (excludes halogenated alkanes) is 5. The third-order valence-corrected chi connectivity index (χ3v) is 6.47. The first-order valence-corrected chi connectivity index (χ1v) is 12.7. The summed E-state index contributed by atoms with van der Waals surface area (Å²) >= 11 is 6.19. The Morgan fingerprint density at radius 3 is 2.50 bits per heavy atom. The van der Waals surface area contributed by atoms with E-state index in [0.29, 0.717) is 30.3 Å². The second-order valence-corrected chi connectivity index (χ2v) is 9.51. The highest BCUT2D eigenvalue weighted by atomic mass is 32.2. The van der Waals surface area contributed by atoms with Crippen molar-refractivity contribution in [3.8, 4) is 11.5 Å². The van der Waals surface area contributed by atoms with Crippen molar-refractivity contribution in [2.75, 3.05) is 13.2 Å². The first-order chi connectivity index (χ1) is 16.3. The Morgan fingerprint density at radius 2 is 1.85 bits per heavy atom. The predicted molar refractivity (Wildman–Crippen MR) is 137 cm³/mol. The van der Waals surface area contributed by atoms with Crippen LogP contribution >= 0.6 is 24.0 Å². The topological polar surface area (TPSA) is 119 Å². The molecule has 0 radical (unpaired) electrons. The lowest BCUT2D eigenvalue weighted by atomic mass is 10.1. The fourth-order valence-electron chi connectivity index (χ4n) is 3.45. The van der Waals surface area contributed by atoms with Gasteiger partial charge < -0.3 is 20.3 Å². The molecule has 1 aromatic rings. The van der Waals surface area contributed by atoms with Crippen LogP contribution in [0.1, 0.15) is 64.4 Å². The standard InChI is InChI=1S/C24H32N2O6S2/c1-3-5-6-7-8-9-12-32-18-11-10-16(13-19(18)31-4-2)14-20-22(28)26(24(33)34-20)17(23(29)30)15-21(25)27/h10-11,13-14,17H,3-9,12,15H2,1-2H3,(H2,25,27)(H,29,30). The number of benzene rings is 1. The first kappa shape index (κ1) is 27.7. The van der Waals surface area contributed by atoms with Crippen LogP contribution in [0, 0.1) is 0 Å². The molecule has 1 atom stereocenters. The van der Waals surface area contributed by atoms with Gasteiger partial charge in [0.2, 0.25) is 5.91 Å². The Labute approximate surface area is 209 Å². The van der Waals surface area contributed by atoms with Gasteiger partial charge in [-0.1, -0.05) is 69.1 Å². The van der Waals surface area contributed by atoms with Gasteiger partial charge in [-0.3, -0.25) is 14.5 Å². The highest BCUT2D eigenvalue weighted by Crippen LogP contribution is 2.36. The summed E-state index contributed by atoms with van der Waals surface area (Å²) in [5.41, 5.74) is 5.83. The fraction of sp³-hybridized carbons (Fsp3) is 0.500. The van der Waals surface area contributed by atoms with Gasteiger partial charge >= 0.3 is 5.97 Å². The molecule has 34 heavy (non-hydrogen) atoms. The van der Waals surface area contributed by atoms with Crippen LogP contribution in [-0.4, -0.2) is 51.4 Å². The van der Waals surface area contributed by atoms with Gasteiger partial charge in [0.15, 0.2) is 11.5 Å². The molecule has 3 N–H and O–H groups in total. The summed E-state index contributed by atoms with van der Waals surface area (Å²) in [4.78, 5) is 36.9. The van der Waals surface area contributed by atoms with E-state index in [0.717, 1.165) is 29.5 Å². The van der Waals surface area contributed by atoms with Crippen LogP contribution in [-0.2, 0) is 14.4 Å². The molecule has 0 saturated carbocycles. The number of nitrogens with two attached hydrogens (primary N) is 1. The Bertz CT molecular complexity index is 934. The molecular formula is C24H32N2O6S2. The van der Waals surface area contributed by atoms with Gasteiger partial charge in [0.25, 0.3) is 5.91 Å². The number of thioether (sulfide) groups is 1. The number of carboxylic acid groups (broad SMARTS) is 1. The molecule has 0 aliphatic carbocycles. The van der Waals surface area contributed by atoms with Crippen molar-refractivity contribution >= 4 is 52.2 Å². The number of amides is 2. The molecule has 1 unspecified atom stereocenters. The zero-order valence-corrected chi connectivity index (χ0v) is 21.2. The SMILES string of the molecule is CCCCCCCCOc1ccc(C=C2SC(=S)N(C(CC(N)=O)C(=O)O)C2=O)cc1OCC. The molecule has 2 rings (SSSR count). The van der Waals surface area contributed by atoms with E-state index in [9.17, 15) is 19.5 Å². The summed E-state index contributed by atoms with van der Waals surface area (Å²) in [7, 11) is 0. The summed E-state index contributed by atoms with van der Waals surface area (Å²) in [6.07, 6.45) is 8.12. The van der Waals surface area contributed by atoms with Crippen LogP contribution < -0.4 is 15.2 Å². The Balaban J connectivity index is 2.11. The maximum Gasteiger partial charge on any atom is 0.327 e. The van der Waals surface area contributed by atoms with Crippen molar-refractivity contribution in [2.45, 2.75) is 64.8 Å². The van der Waals surface area contributed by atoms with E-state index in [-0.39, 0.29) is 9.23 Å². The number of carbonyl (C=O) groups excluding carboxylic acids is 2. The molecule has 1 fully saturated rings. The molecule has 186 valence electrons. The summed E-state index contributed by atoms with van der Waals surface area (Å²) in [6.45, 7) is 5.12. The van der Waals surface area contributed by atoms with Gasteiger partial charge in [-0.05, 0) is 37.1 Å². The summed E-state index contributed by atoms with van der Waals surface area (Å²) in [6, 6.07) is 3.92. The molecule has 1 heterocycles. The molecule has 1 saturated heterocycles.